The number of hydrogen-bond acceptors (Lipinski definition) is 5. The Hall–Kier alpha value is -1.35. The molecule has 0 bridgehead atoms. The minimum Gasteiger partial charge on any atom is -0.356 e. The molecule has 2 N–H and O–H groups in total. The van der Waals surface area contributed by atoms with Crippen molar-refractivity contribution in [3.05, 3.63) is 20.3 Å². The number of ketones is 1. The van der Waals surface area contributed by atoms with Crippen LogP contribution in [0.2, 0.25) is 9.36 Å². The fourth-order valence-electron chi connectivity index (χ4n) is 3.15. The molecule has 1 saturated heterocycles. The van der Waals surface area contributed by atoms with Crippen LogP contribution in [0.3, 0.4) is 0 Å². The van der Waals surface area contributed by atoms with E-state index in [2.05, 4.69) is 10.6 Å². The lowest BCUT2D eigenvalue weighted by atomic mass is 9.99. The van der Waals surface area contributed by atoms with Crippen LogP contribution in [-0.2, 0) is 14.4 Å². The van der Waals surface area contributed by atoms with E-state index in [-0.39, 0.29) is 47.5 Å². The number of nitrogens with zero attached hydrogens (tertiary/aromatic N) is 1. The Kier molecular flexibility index (Phi) is 9.40. The molecule has 0 radical (unpaired) electrons. The highest BCUT2D eigenvalue weighted by molar-refractivity contribution is 7.18. The summed E-state index contributed by atoms with van der Waals surface area (Å²) in [5.41, 5.74) is 0. The van der Waals surface area contributed by atoms with E-state index in [0.717, 1.165) is 11.3 Å². The average Bonchev–Trinajstić information content (AvgIpc) is 3.24. The lowest BCUT2D eigenvalue weighted by molar-refractivity contribution is -0.135. The van der Waals surface area contributed by atoms with Crippen molar-refractivity contribution in [2.75, 3.05) is 25.5 Å². The molecule has 1 aromatic heterocycles. The first-order valence-electron chi connectivity index (χ1n) is 9.52. The van der Waals surface area contributed by atoms with Gasteiger partial charge in [0.05, 0.1) is 28.4 Å². The molecule has 1 fully saturated rings. The maximum atomic E-state index is 13.0. The van der Waals surface area contributed by atoms with E-state index in [9.17, 15) is 19.2 Å². The van der Waals surface area contributed by atoms with Crippen LogP contribution in [0.4, 0.5) is 0 Å². The van der Waals surface area contributed by atoms with Crippen molar-refractivity contribution in [2.45, 2.75) is 32.7 Å². The molecule has 3 amide bonds. The molecule has 2 heterocycles. The number of amides is 3. The number of rotatable bonds is 10. The number of nitrogens with one attached hydrogen (secondary N) is 2. The molecule has 30 heavy (non-hydrogen) atoms. The summed E-state index contributed by atoms with van der Waals surface area (Å²) in [6, 6.07) is 0.642. The number of thiophene rings is 1. The number of halogens is 3. The van der Waals surface area contributed by atoms with Gasteiger partial charge in [-0.1, -0.05) is 37.0 Å². The van der Waals surface area contributed by atoms with Crippen LogP contribution in [0.1, 0.15) is 36.4 Å². The second-order valence-corrected chi connectivity index (χ2v) is 9.87. The van der Waals surface area contributed by atoms with Crippen molar-refractivity contribution in [1.29, 1.82) is 0 Å². The standard InChI is InChI=1S/C19H24Cl3N3O4S/c1-10(2)5-13(24-19(29)15-6-12(21)17(22)30-15)14(26)9-25(16(27)7-20)8-11-3-4-23-18(11)28/h6,10-11,13H,3-5,7-9H2,1-2H3,(H,23,28)(H,24,29)/t11-,13-/m0/s1. The third-order valence-corrected chi connectivity index (χ3v) is 6.78. The summed E-state index contributed by atoms with van der Waals surface area (Å²) in [6.07, 6.45) is 0.982. The van der Waals surface area contributed by atoms with Gasteiger partial charge in [0.1, 0.15) is 10.2 Å². The first kappa shape index (κ1) is 24.9. The van der Waals surface area contributed by atoms with E-state index in [1.165, 1.54) is 11.0 Å². The molecule has 2 atom stereocenters. The summed E-state index contributed by atoms with van der Waals surface area (Å²) in [6.45, 7) is 4.27. The van der Waals surface area contributed by atoms with E-state index in [4.69, 9.17) is 34.8 Å². The predicted molar refractivity (Wildman–Crippen MR) is 118 cm³/mol. The molecule has 2 rings (SSSR count). The van der Waals surface area contributed by atoms with Crippen molar-refractivity contribution in [2.24, 2.45) is 11.8 Å². The highest BCUT2D eigenvalue weighted by atomic mass is 35.5. The fourth-order valence-corrected chi connectivity index (χ4v) is 4.59. The third kappa shape index (κ3) is 6.83. The van der Waals surface area contributed by atoms with E-state index < -0.39 is 17.9 Å². The maximum absolute atomic E-state index is 13.0. The number of hydrogen-bond donors (Lipinski definition) is 2. The largest absolute Gasteiger partial charge is 0.356 e. The Morgan fingerprint density at radius 1 is 1.33 bits per heavy atom. The maximum Gasteiger partial charge on any atom is 0.262 e. The monoisotopic (exact) mass is 495 g/mol. The van der Waals surface area contributed by atoms with Gasteiger partial charge in [-0.3, -0.25) is 19.2 Å². The van der Waals surface area contributed by atoms with E-state index in [0.29, 0.717) is 28.6 Å². The van der Waals surface area contributed by atoms with Crippen molar-refractivity contribution in [3.8, 4) is 0 Å². The van der Waals surface area contributed by atoms with Gasteiger partial charge in [0.2, 0.25) is 11.8 Å². The molecule has 0 spiro atoms. The normalized spacial score (nSPS) is 17.0. The average molecular weight is 497 g/mol. The van der Waals surface area contributed by atoms with Crippen molar-refractivity contribution in [3.63, 3.8) is 0 Å². The molecule has 0 aromatic carbocycles. The van der Waals surface area contributed by atoms with Gasteiger partial charge < -0.3 is 15.5 Å². The van der Waals surface area contributed by atoms with Crippen LogP contribution < -0.4 is 10.6 Å². The number of Topliss-reactive ketones (excluding diaryl/α,β-unsaturated/α-hetero) is 1. The molecule has 7 nitrogen and oxygen atoms in total. The number of carbonyl (C=O) groups is 4. The van der Waals surface area contributed by atoms with Crippen LogP contribution in [0, 0.1) is 11.8 Å². The molecule has 0 unspecified atom stereocenters. The minimum atomic E-state index is -0.805. The van der Waals surface area contributed by atoms with Crippen LogP contribution in [0.5, 0.6) is 0 Å². The SMILES string of the molecule is CC(C)C[C@H](NC(=O)c1cc(Cl)c(Cl)s1)C(=O)CN(C[C@@H]1CCNC1=O)C(=O)CCl. The van der Waals surface area contributed by atoms with Crippen molar-refractivity contribution < 1.29 is 19.2 Å². The Morgan fingerprint density at radius 3 is 2.53 bits per heavy atom. The van der Waals surface area contributed by atoms with Crippen LogP contribution >= 0.6 is 46.1 Å². The van der Waals surface area contributed by atoms with Crippen LogP contribution in [-0.4, -0.2) is 60.0 Å². The predicted octanol–water partition coefficient (Wildman–Crippen LogP) is 2.97. The fraction of sp³-hybridized carbons (Fsp3) is 0.579. The molecular formula is C19H24Cl3N3O4S. The minimum absolute atomic E-state index is 0.113. The molecule has 166 valence electrons. The lowest BCUT2D eigenvalue weighted by Gasteiger charge is -2.26. The molecule has 1 aliphatic rings. The Labute approximate surface area is 194 Å². The van der Waals surface area contributed by atoms with Gasteiger partial charge in [0.25, 0.3) is 5.91 Å². The molecule has 0 saturated carbocycles. The van der Waals surface area contributed by atoms with Crippen molar-refractivity contribution in [1.82, 2.24) is 15.5 Å². The van der Waals surface area contributed by atoms with Gasteiger partial charge in [-0.15, -0.1) is 22.9 Å². The van der Waals surface area contributed by atoms with E-state index in [1.54, 1.807) is 0 Å². The molecule has 1 aliphatic heterocycles. The van der Waals surface area contributed by atoms with Gasteiger partial charge in [-0.25, -0.2) is 0 Å². The Balaban J connectivity index is 2.11. The first-order chi connectivity index (χ1) is 14.1. The van der Waals surface area contributed by atoms with Crippen LogP contribution in [0.25, 0.3) is 0 Å². The quantitative estimate of drug-likeness (QED) is 0.487. The molecule has 0 aliphatic carbocycles. The van der Waals surface area contributed by atoms with Gasteiger partial charge >= 0.3 is 0 Å². The summed E-state index contributed by atoms with van der Waals surface area (Å²) in [5.74, 6) is -1.92. The third-order valence-electron chi connectivity index (χ3n) is 4.69. The van der Waals surface area contributed by atoms with Gasteiger partial charge in [-0.2, -0.15) is 0 Å². The summed E-state index contributed by atoms with van der Waals surface area (Å²) >= 11 is 18.6. The summed E-state index contributed by atoms with van der Waals surface area (Å²) in [4.78, 5) is 51.3. The highest BCUT2D eigenvalue weighted by Gasteiger charge is 2.31. The first-order valence-corrected chi connectivity index (χ1v) is 11.6. The summed E-state index contributed by atoms with van der Waals surface area (Å²) in [7, 11) is 0. The topological polar surface area (TPSA) is 95.6 Å². The van der Waals surface area contributed by atoms with E-state index >= 15 is 0 Å². The smallest absolute Gasteiger partial charge is 0.262 e. The van der Waals surface area contributed by atoms with Crippen molar-refractivity contribution >= 4 is 69.6 Å². The highest BCUT2D eigenvalue weighted by Crippen LogP contribution is 2.31. The molecule has 1 aromatic rings. The molecule has 11 heteroatoms. The number of alkyl halides is 1. The summed E-state index contributed by atoms with van der Waals surface area (Å²) < 4.78 is 0.294. The van der Waals surface area contributed by atoms with Gasteiger partial charge in [0.15, 0.2) is 5.78 Å². The second kappa shape index (κ2) is 11.3. The zero-order chi connectivity index (χ0) is 22.4. The van der Waals surface area contributed by atoms with Crippen LogP contribution in [0.15, 0.2) is 6.07 Å². The molecular weight excluding hydrogens is 473 g/mol. The van der Waals surface area contributed by atoms with E-state index in [1.807, 2.05) is 13.8 Å². The lowest BCUT2D eigenvalue weighted by Crippen LogP contribution is -2.49. The number of carbonyl (C=O) groups excluding carboxylic acids is 4. The zero-order valence-corrected chi connectivity index (χ0v) is 19.8. The summed E-state index contributed by atoms with van der Waals surface area (Å²) in [5, 5.41) is 5.71. The van der Waals surface area contributed by atoms with Gasteiger partial charge in [0, 0.05) is 13.1 Å². The zero-order valence-electron chi connectivity index (χ0n) is 16.7. The Bertz CT molecular complexity index is 795. The Morgan fingerprint density at radius 2 is 2.03 bits per heavy atom. The second-order valence-electron chi connectivity index (χ2n) is 7.54. The van der Waals surface area contributed by atoms with Gasteiger partial charge in [-0.05, 0) is 24.8 Å².